The molecule has 32 valence electrons. The van der Waals surface area contributed by atoms with Crippen molar-refractivity contribution < 1.29 is 11.0 Å². The number of rotatable bonds is 0. The normalized spacial score (nSPS) is 0. The van der Waals surface area contributed by atoms with Crippen molar-refractivity contribution >= 4 is 38.6 Å². The number of hydrogen-bond acceptors (Lipinski definition) is 0. The summed E-state index contributed by atoms with van der Waals surface area (Å²) in [6.45, 7) is 0. The van der Waals surface area contributed by atoms with E-state index in [0.717, 1.165) is 0 Å². The molecule has 4 heteroatoms. The first-order valence-electron chi connectivity index (χ1n) is 0. The van der Waals surface area contributed by atoms with E-state index in [1.165, 1.54) is 0 Å². The first-order valence-corrected chi connectivity index (χ1v) is 0. The Labute approximate surface area is 49.7 Å². The van der Waals surface area contributed by atoms with Gasteiger partial charge in [-0.3, -0.25) is 0 Å². The molecule has 4 heavy (non-hydrogen) atoms. The van der Waals surface area contributed by atoms with Crippen molar-refractivity contribution in [1.29, 1.82) is 0 Å². The summed E-state index contributed by atoms with van der Waals surface area (Å²) in [5.41, 5.74) is 0. The molecular weight excluding hydrogens is 276 g/mol. The molecule has 0 rings (SSSR count). The minimum absolute atomic E-state index is 0. The standard InChI is InChI=1S/Bi.ClH.2H2O.3H/h;1H;2*1H2;;;. The summed E-state index contributed by atoms with van der Waals surface area (Å²) >= 11 is 0. The van der Waals surface area contributed by atoms with E-state index in [9.17, 15) is 0 Å². The molecule has 0 aromatic heterocycles. The molecule has 0 spiro atoms. The van der Waals surface area contributed by atoms with Gasteiger partial charge < -0.3 is 11.0 Å². The van der Waals surface area contributed by atoms with Crippen LogP contribution < -0.4 is 0 Å². The van der Waals surface area contributed by atoms with E-state index in [2.05, 4.69) is 0 Å². The third-order valence-corrected chi connectivity index (χ3v) is 0. The zero-order valence-electron chi connectivity index (χ0n) is 2.12. The van der Waals surface area contributed by atoms with Crippen LogP contribution in [0.15, 0.2) is 0 Å². The first kappa shape index (κ1) is 71.4. The van der Waals surface area contributed by atoms with Gasteiger partial charge in [0.25, 0.3) is 0 Å². The molecule has 0 saturated heterocycles. The van der Waals surface area contributed by atoms with Gasteiger partial charge in [0.15, 0.2) is 0 Å². The molecular formula is H8BiClO2. The van der Waals surface area contributed by atoms with Crippen molar-refractivity contribution in [2.75, 3.05) is 0 Å². The van der Waals surface area contributed by atoms with Gasteiger partial charge in [-0.2, -0.15) is 0 Å². The first-order chi connectivity index (χ1) is 0. The Morgan fingerprint density at radius 3 is 0.750 bits per heavy atom. The van der Waals surface area contributed by atoms with E-state index >= 15 is 0 Å². The van der Waals surface area contributed by atoms with Crippen molar-refractivity contribution in [3.8, 4) is 0 Å². The zero-order chi connectivity index (χ0) is 0. The van der Waals surface area contributed by atoms with E-state index in [0.29, 0.717) is 0 Å². The Bertz CT molecular complexity index is 6.00. The zero-order valence-corrected chi connectivity index (χ0v) is 8.43. The van der Waals surface area contributed by atoms with Crippen molar-refractivity contribution in [2.45, 2.75) is 0 Å². The molecule has 0 amide bonds. The van der Waals surface area contributed by atoms with Gasteiger partial charge in [-0.05, 0) is 0 Å². The van der Waals surface area contributed by atoms with Crippen LogP contribution in [0.5, 0.6) is 0 Å². The summed E-state index contributed by atoms with van der Waals surface area (Å²) in [5.74, 6) is 0. The molecule has 0 aliphatic carbocycles. The third kappa shape index (κ3) is 11.3. The van der Waals surface area contributed by atoms with Gasteiger partial charge >= 0.3 is 26.2 Å². The predicted octanol–water partition coefficient (Wildman–Crippen LogP) is -2.41. The third-order valence-electron chi connectivity index (χ3n) is 0. The van der Waals surface area contributed by atoms with E-state index < -0.39 is 0 Å². The SMILES string of the molecule is Cl.O.O.[BiH3]. The Balaban J connectivity index is 0. The molecule has 0 saturated carbocycles. The quantitative estimate of drug-likeness (QED) is 0.445. The molecule has 0 aromatic carbocycles. The fourth-order valence-corrected chi connectivity index (χ4v) is 0. The Kier molecular flexibility index (Phi) is 585. The van der Waals surface area contributed by atoms with E-state index in [4.69, 9.17) is 0 Å². The summed E-state index contributed by atoms with van der Waals surface area (Å²) in [7, 11) is 0. The average Bonchev–Trinajstić information content (AvgIpc) is 0. The van der Waals surface area contributed by atoms with Gasteiger partial charge in [-0.1, -0.05) is 0 Å². The van der Waals surface area contributed by atoms with Gasteiger partial charge in [-0.15, -0.1) is 12.4 Å². The van der Waals surface area contributed by atoms with Gasteiger partial charge in [0, 0.05) is 0 Å². The Hall–Kier alpha value is 1.09. The van der Waals surface area contributed by atoms with Gasteiger partial charge in [0.05, 0.1) is 0 Å². The van der Waals surface area contributed by atoms with Crippen LogP contribution >= 0.6 is 12.4 Å². The summed E-state index contributed by atoms with van der Waals surface area (Å²) in [6.07, 6.45) is 0. The molecule has 0 unspecified atom stereocenters. The molecule has 0 aromatic rings. The number of halogens is 1. The summed E-state index contributed by atoms with van der Waals surface area (Å²) in [5, 5.41) is 0. The van der Waals surface area contributed by atoms with Crippen molar-refractivity contribution in [2.24, 2.45) is 0 Å². The second-order valence-corrected chi connectivity index (χ2v) is 0. The van der Waals surface area contributed by atoms with Gasteiger partial charge in [0.2, 0.25) is 0 Å². The summed E-state index contributed by atoms with van der Waals surface area (Å²) in [6, 6.07) is 0. The fraction of sp³-hybridized carbons (Fsp3) is 0. The van der Waals surface area contributed by atoms with Crippen LogP contribution in [0.2, 0.25) is 0 Å². The Morgan fingerprint density at radius 1 is 0.750 bits per heavy atom. The van der Waals surface area contributed by atoms with Crippen molar-refractivity contribution in [3.05, 3.63) is 0 Å². The minimum atomic E-state index is 0. The van der Waals surface area contributed by atoms with Crippen LogP contribution in [0.25, 0.3) is 0 Å². The maximum absolute atomic E-state index is 0. The number of hydrogen-bond donors (Lipinski definition) is 0. The molecule has 4 N–H and O–H groups in total. The molecule has 0 heterocycles. The van der Waals surface area contributed by atoms with Crippen LogP contribution in [0, 0.1) is 0 Å². The van der Waals surface area contributed by atoms with Crippen molar-refractivity contribution in [3.63, 3.8) is 0 Å². The second-order valence-electron chi connectivity index (χ2n) is 0. The van der Waals surface area contributed by atoms with Gasteiger partial charge in [0.1, 0.15) is 0 Å². The molecule has 0 aliphatic heterocycles. The molecule has 0 radical (unpaired) electrons. The topological polar surface area (TPSA) is 63.0 Å². The van der Waals surface area contributed by atoms with E-state index in [-0.39, 0.29) is 49.6 Å². The van der Waals surface area contributed by atoms with Crippen LogP contribution in [-0.2, 0) is 0 Å². The maximum atomic E-state index is 0. The van der Waals surface area contributed by atoms with Crippen LogP contribution in [0.4, 0.5) is 0 Å². The molecule has 0 bridgehead atoms. The van der Waals surface area contributed by atoms with Gasteiger partial charge in [-0.25, -0.2) is 0 Å². The fourth-order valence-electron chi connectivity index (χ4n) is 0. The van der Waals surface area contributed by atoms with Crippen LogP contribution in [0.1, 0.15) is 0 Å². The predicted molar refractivity (Wildman–Crippen MR) is 24.4 cm³/mol. The van der Waals surface area contributed by atoms with E-state index in [1.807, 2.05) is 0 Å². The molecule has 0 fully saturated rings. The van der Waals surface area contributed by atoms with Crippen LogP contribution in [-0.4, -0.2) is 37.2 Å². The molecule has 0 atom stereocenters. The summed E-state index contributed by atoms with van der Waals surface area (Å²) < 4.78 is 0. The van der Waals surface area contributed by atoms with Crippen molar-refractivity contribution in [1.82, 2.24) is 0 Å². The second kappa shape index (κ2) is 32.8. The van der Waals surface area contributed by atoms with Crippen LogP contribution in [0.3, 0.4) is 0 Å². The average molecular weight is 284 g/mol. The monoisotopic (exact) mass is 284 g/mol. The molecule has 0 aliphatic rings. The molecule has 2 nitrogen and oxygen atoms in total. The summed E-state index contributed by atoms with van der Waals surface area (Å²) in [4.78, 5) is 0. The Morgan fingerprint density at radius 2 is 0.750 bits per heavy atom. The van der Waals surface area contributed by atoms with E-state index in [1.54, 1.807) is 0 Å².